The van der Waals surface area contributed by atoms with Gasteiger partial charge in [-0.1, -0.05) is 18.0 Å². The van der Waals surface area contributed by atoms with E-state index in [9.17, 15) is 13.2 Å². The van der Waals surface area contributed by atoms with Crippen molar-refractivity contribution >= 4 is 38.9 Å². The first-order valence-corrected chi connectivity index (χ1v) is 10.3. The molecule has 1 atom stereocenters. The molecule has 9 heteroatoms. The van der Waals surface area contributed by atoms with E-state index in [-0.39, 0.29) is 10.1 Å². The molecular formula is C14H19ClN2O4S2. The Morgan fingerprint density at radius 3 is 2.61 bits per heavy atom. The molecule has 23 heavy (non-hydrogen) atoms. The molecule has 1 amide bonds. The van der Waals surface area contributed by atoms with Gasteiger partial charge in [0.1, 0.15) is 10.3 Å². The highest BCUT2D eigenvalue weighted by atomic mass is 35.5. The van der Waals surface area contributed by atoms with Gasteiger partial charge in [0.25, 0.3) is 10.0 Å². The topological polar surface area (TPSA) is 66.9 Å². The minimum absolute atomic E-state index is 0.112. The molecule has 1 aromatic rings. The number of hydrogen-bond acceptors (Lipinski definition) is 5. The van der Waals surface area contributed by atoms with Crippen LogP contribution in [0.15, 0.2) is 16.3 Å². The van der Waals surface area contributed by atoms with E-state index in [0.29, 0.717) is 43.6 Å². The van der Waals surface area contributed by atoms with Crippen LogP contribution in [0.25, 0.3) is 0 Å². The van der Waals surface area contributed by atoms with Gasteiger partial charge < -0.3 is 9.64 Å². The second-order valence-electron chi connectivity index (χ2n) is 5.62. The molecule has 2 saturated heterocycles. The standard InChI is InChI=1S/C14H19ClN2O4S2/c15-12-4-5-13(22-12)23(19,20)17-6-2-1-3-11(17)14(18)16-7-9-21-10-8-16/h4-5,11H,1-3,6-10H2/t11-/m0/s1. The maximum atomic E-state index is 12.9. The number of amides is 1. The largest absolute Gasteiger partial charge is 0.378 e. The first kappa shape index (κ1) is 17.2. The van der Waals surface area contributed by atoms with Crippen LogP contribution in [0.3, 0.4) is 0 Å². The van der Waals surface area contributed by atoms with Gasteiger partial charge >= 0.3 is 0 Å². The minimum atomic E-state index is -3.69. The summed E-state index contributed by atoms with van der Waals surface area (Å²) < 4.78 is 33.0. The number of nitrogens with zero attached hydrogens (tertiary/aromatic N) is 2. The molecule has 0 spiro atoms. The van der Waals surface area contributed by atoms with Gasteiger partial charge in [-0.3, -0.25) is 4.79 Å². The van der Waals surface area contributed by atoms with E-state index in [2.05, 4.69) is 0 Å². The summed E-state index contributed by atoms with van der Waals surface area (Å²) in [4.78, 5) is 14.5. The van der Waals surface area contributed by atoms with Crippen LogP contribution in [0.4, 0.5) is 0 Å². The predicted molar refractivity (Wildman–Crippen MR) is 88.3 cm³/mol. The van der Waals surface area contributed by atoms with E-state index in [1.54, 1.807) is 11.0 Å². The van der Waals surface area contributed by atoms with Crippen LogP contribution in [0, 0.1) is 0 Å². The summed E-state index contributed by atoms with van der Waals surface area (Å²) in [6.07, 6.45) is 2.19. The first-order valence-electron chi connectivity index (χ1n) is 7.64. The number of carbonyl (C=O) groups excluding carboxylic acids is 1. The highest BCUT2D eigenvalue weighted by Crippen LogP contribution is 2.32. The van der Waals surface area contributed by atoms with Crippen molar-refractivity contribution in [1.29, 1.82) is 0 Å². The Kier molecular flexibility index (Phi) is 5.27. The lowest BCUT2D eigenvalue weighted by molar-refractivity contribution is -0.140. The molecule has 6 nitrogen and oxygen atoms in total. The van der Waals surface area contributed by atoms with Crippen molar-refractivity contribution in [2.24, 2.45) is 0 Å². The van der Waals surface area contributed by atoms with Gasteiger partial charge in [0.05, 0.1) is 17.6 Å². The second-order valence-corrected chi connectivity index (χ2v) is 9.46. The molecule has 0 N–H and O–H groups in total. The molecule has 3 rings (SSSR count). The number of halogens is 1. The van der Waals surface area contributed by atoms with Gasteiger partial charge in [-0.15, -0.1) is 11.3 Å². The van der Waals surface area contributed by atoms with Crippen LogP contribution in [0.5, 0.6) is 0 Å². The van der Waals surface area contributed by atoms with E-state index >= 15 is 0 Å². The second kappa shape index (κ2) is 7.06. The maximum absolute atomic E-state index is 12.9. The number of rotatable bonds is 3. The lowest BCUT2D eigenvalue weighted by Crippen LogP contribution is -2.54. The molecule has 0 radical (unpaired) electrons. The summed E-state index contributed by atoms with van der Waals surface area (Å²) in [6, 6.07) is 2.46. The lowest BCUT2D eigenvalue weighted by Gasteiger charge is -2.37. The number of hydrogen-bond donors (Lipinski definition) is 0. The van der Waals surface area contributed by atoms with Crippen LogP contribution in [0.2, 0.25) is 4.34 Å². The van der Waals surface area contributed by atoms with Crippen LogP contribution < -0.4 is 0 Å². The summed E-state index contributed by atoms with van der Waals surface area (Å²) >= 11 is 6.90. The van der Waals surface area contributed by atoms with Crippen LogP contribution in [-0.4, -0.2) is 62.4 Å². The predicted octanol–water partition coefficient (Wildman–Crippen LogP) is 1.80. The Bertz CT molecular complexity index is 670. The molecule has 0 saturated carbocycles. The van der Waals surface area contributed by atoms with Crippen molar-refractivity contribution in [3.05, 3.63) is 16.5 Å². The summed E-state index contributed by atoms with van der Waals surface area (Å²) in [6.45, 7) is 2.43. The van der Waals surface area contributed by atoms with Crippen molar-refractivity contribution in [2.75, 3.05) is 32.8 Å². The van der Waals surface area contributed by atoms with E-state index in [1.165, 1.54) is 10.4 Å². The average Bonchev–Trinajstić information content (AvgIpc) is 3.02. The monoisotopic (exact) mass is 378 g/mol. The van der Waals surface area contributed by atoms with E-state index in [1.807, 2.05) is 0 Å². The van der Waals surface area contributed by atoms with E-state index < -0.39 is 16.1 Å². The van der Waals surface area contributed by atoms with Gasteiger partial charge in [0.15, 0.2) is 0 Å². The fraction of sp³-hybridized carbons (Fsp3) is 0.643. The highest BCUT2D eigenvalue weighted by Gasteiger charge is 2.40. The molecular weight excluding hydrogens is 360 g/mol. The van der Waals surface area contributed by atoms with Gasteiger partial charge in [0, 0.05) is 19.6 Å². The Hall–Kier alpha value is -0.670. The first-order chi connectivity index (χ1) is 11.0. The average molecular weight is 379 g/mol. The third-order valence-corrected chi connectivity index (χ3v) is 7.78. The van der Waals surface area contributed by atoms with Crippen LogP contribution >= 0.6 is 22.9 Å². The Labute approximate surface area is 145 Å². The Morgan fingerprint density at radius 2 is 1.96 bits per heavy atom. The molecule has 2 aliphatic heterocycles. The zero-order valence-corrected chi connectivity index (χ0v) is 15.0. The molecule has 2 aliphatic rings. The molecule has 3 heterocycles. The van der Waals surface area contributed by atoms with Gasteiger partial charge in [-0.25, -0.2) is 8.42 Å². The van der Waals surface area contributed by atoms with Crippen LogP contribution in [0.1, 0.15) is 19.3 Å². The smallest absolute Gasteiger partial charge is 0.253 e. The number of carbonyl (C=O) groups is 1. The molecule has 0 aliphatic carbocycles. The van der Waals surface area contributed by atoms with Gasteiger partial charge in [-0.05, 0) is 25.0 Å². The number of thiophene rings is 1. The molecule has 0 aromatic carbocycles. The van der Waals surface area contributed by atoms with E-state index in [0.717, 1.165) is 24.2 Å². The van der Waals surface area contributed by atoms with Gasteiger partial charge in [0.2, 0.25) is 5.91 Å². The molecule has 128 valence electrons. The molecule has 0 bridgehead atoms. The summed E-state index contributed by atoms with van der Waals surface area (Å²) in [5.74, 6) is -0.112. The fourth-order valence-corrected chi connectivity index (χ4v) is 6.25. The normalized spacial score (nSPS) is 23.9. The minimum Gasteiger partial charge on any atom is -0.378 e. The van der Waals surface area contributed by atoms with Crippen molar-refractivity contribution < 1.29 is 17.9 Å². The zero-order valence-electron chi connectivity index (χ0n) is 12.6. The maximum Gasteiger partial charge on any atom is 0.253 e. The third kappa shape index (κ3) is 3.56. The molecule has 2 fully saturated rings. The molecule has 1 aromatic heterocycles. The number of piperidine rings is 1. The summed E-state index contributed by atoms with van der Waals surface area (Å²) in [5.41, 5.74) is 0. The quantitative estimate of drug-likeness (QED) is 0.804. The highest BCUT2D eigenvalue weighted by molar-refractivity contribution is 7.91. The number of sulfonamides is 1. The zero-order chi connectivity index (χ0) is 16.4. The van der Waals surface area contributed by atoms with Crippen molar-refractivity contribution in [2.45, 2.75) is 29.5 Å². The number of ether oxygens (including phenoxy) is 1. The van der Waals surface area contributed by atoms with Gasteiger partial charge in [-0.2, -0.15) is 4.31 Å². The van der Waals surface area contributed by atoms with Crippen molar-refractivity contribution in [3.8, 4) is 0 Å². The molecule has 0 unspecified atom stereocenters. The Morgan fingerprint density at radius 1 is 1.22 bits per heavy atom. The Balaban J connectivity index is 1.85. The SMILES string of the molecule is O=C([C@@H]1CCCCN1S(=O)(=O)c1ccc(Cl)s1)N1CCOCC1. The van der Waals surface area contributed by atoms with Crippen LogP contribution in [-0.2, 0) is 19.6 Å². The third-order valence-electron chi connectivity index (χ3n) is 4.17. The van der Waals surface area contributed by atoms with Crippen molar-refractivity contribution in [1.82, 2.24) is 9.21 Å². The van der Waals surface area contributed by atoms with Crippen molar-refractivity contribution in [3.63, 3.8) is 0 Å². The lowest BCUT2D eigenvalue weighted by atomic mass is 10.0. The summed E-state index contributed by atoms with van der Waals surface area (Å²) in [5, 5.41) is 0. The fourth-order valence-electron chi connectivity index (χ4n) is 2.99. The number of morpholine rings is 1. The summed E-state index contributed by atoms with van der Waals surface area (Å²) in [7, 11) is -3.69. The van der Waals surface area contributed by atoms with E-state index in [4.69, 9.17) is 16.3 Å².